The molecule has 2 aromatic carbocycles. The van der Waals surface area contributed by atoms with Crippen LogP contribution in [0.4, 0.5) is 11.4 Å². The number of hydrogen-bond donors (Lipinski definition) is 3. The minimum atomic E-state index is -0.410. The Morgan fingerprint density at radius 3 is 2.57 bits per heavy atom. The van der Waals surface area contributed by atoms with Gasteiger partial charge in [-0.15, -0.1) is 0 Å². The fraction of sp³-hybridized carbons (Fsp3) is 0.188. The first-order valence-corrected chi connectivity index (χ1v) is 6.73. The topological polar surface area (TPSA) is 86.8 Å². The third-order valence-corrected chi connectivity index (χ3v) is 3.12. The van der Waals surface area contributed by atoms with Gasteiger partial charge >= 0.3 is 0 Å². The third kappa shape index (κ3) is 3.08. The first-order chi connectivity index (χ1) is 10.0. The Kier molecular flexibility index (Phi) is 4.33. The second-order valence-electron chi connectivity index (χ2n) is 4.73. The summed E-state index contributed by atoms with van der Waals surface area (Å²) in [7, 11) is 0. The van der Waals surface area contributed by atoms with Crippen LogP contribution in [-0.4, -0.2) is 22.7 Å². The summed E-state index contributed by atoms with van der Waals surface area (Å²) in [4.78, 5) is 14.2. The summed E-state index contributed by atoms with van der Waals surface area (Å²) in [6, 6.07) is 11.3. The molecule has 5 nitrogen and oxygen atoms in total. The lowest BCUT2D eigenvalue weighted by atomic mass is 10.1. The standard InChI is InChI=1S/C16H18N2O3/c1-2-9-18(12-6-3-5-11(17)10-12)16(21)13-7-4-8-14(19)15(13)20/h3-8,10,19-20H,2,9,17H2,1H3. The van der Waals surface area contributed by atoms with Crippen molar-refractivity contribution in [2.75, 3.05) is 17.2 Å². The van der Waals surface area contributed by atoms with E-state index in [1.54, 1.807) is 24.3 Å². The normalized spacial score (nSPS) is 10.3. The number of carbonyl (C=O) groups is 1. The number of phenolic OH excluding ortho intramolecular Hbond substituents is 2. The number of hydrogen-bond acceptors (Lipinski definition) is 4. The van der Waals surface area contributed by atoms with Crippen molar-refractivity contribution < 1.29 is 15.0 Å². The van der Waals surface area contributed by atoms with Crippen LogP contribution >= 0.6 is 0 Å². The largest absolute Gasteiger partial charge is 0.504 e. The fourth-order valence-corrected chi connectivity index (χ4v) is 2.11. The molecule has 0 atom stereocenters. The predicted molar refractivity (Wildman–Crippen MR) is 82.6 cm³/mol. The first-order valence-electron chi connectivity index (χ1n) is 6.73. The molecule has 0 aliphatic heterocycles. The molecular formula is C16H18N2O3. The van der Waals surface area contributed by atoms with Crippen LogP contribution in [0.25, 0.3) is 0 Å². The van der Waals surface area contributed by atoms with E-state index in [0.29, 0.717) is 17.9 Å². The molecule has 110 valence electrons. The zero-order valence-corrected chi connectivity index (χ0v) is 11.8. The van der Waals surface area contributed by atoms with Crippen LogP contribution in [0.1, 0.15) is 23.7 Å². The van der Waals surface area contributed by atoms with Gasteiger partial charge in [0.15, 0.2) is 11.5 Å². The Hall–Kier alpha value is -2.69. The predicted octanol–water partition coefficient (Wildman–Crippen LogP) is 2.74. The van der Waals surface area contributed by atoms with Crippen LogP contribution in [0, 0.1) is 0 Å². The number of nitrogen functional groups attached to an aromatic ring is 1. The summed E-state index contributed by atoms with van der Waals surface area (Å²) in [5.74, 6) is -1.10. The van der Waals surface area contributed by atoms with E-state index in [1.807, 2.05) is 6.92 Å². The summed E-state index contributed by atoms with van der Waals surface area (Å²) in [6.45, 7) is 2.44. The van der Waals surface area contributed by atoms with Gasteiger partial charge in [0.1, 0.15) is 0 Å². The highest BCUT2D eigenvalue weighted by atomic mass is 16.3. The van der Waals surface area contributed by atoms with Crippen LogP contribution < -0.4 is 10.6 Å². The smallest absolute Gasteiger partial charge is 0.262 e. The zero-order chi connectivity index (χ0) is 15.4. The van der Waals surface area contributed by atoms with E-state index in [-0.39, 0.29) is 17.2 Å². The number of nitrogens with zero attached hydrogens (tertiary/aromatic N) is 1. The molecule has 0 fully saturated rings. The maximum atomic E-state index is 12.6. The van der Waals surface area contributed by atoms with Crippen LogP contribution in [0.3, 0.4) is 0 Å². The molecule has 2 aromatic rings. The van der Waals surface area contributed by atoms with E-state index in [0.717, 1.165) is 6.42 Å². The van der Waals surface area contributed by atoms with Crippen LogP contribution in [0.15, 0.2) is 42.5 Å². The molecule has 0 bridgehead atoms. The Labute approximate surface area is 123 Å². The highest BCUT2D eigenvalue weighted by Gasteiger charge is 2.21. The number of phenols is 2. The van der Waals surface area contributed by atoms with Gasteiger partial charge in [0.2, 0.25) is 0 Å². The van der Waals surface area contributed by atoms with Crippen molar-refractivity contribution in [1.82, 2.24) is 0 Å². The molecule has 0 heterocycles. The number of anilines is 2. The molecule has 0 aromatic heterocycles. The number of carbonyl (C=O) groups excluding carboxylic acids is 1. The van der Waals surface area contributed by atoms with Gasteiger partial charge in [-0.1, -0.05) is 19.1 Å². The lowest BCUT2D eigenvalue weighted by molar-refractivity contribution is 0.0983. The second kappa shape index (κ2) is 6.17. The summed E-state index contributed by atoms with van der Waals surface area (Å²) in [5.41, 5.74) is 7.03. The lowest BCUT2D eigenvalue weighted by Gasteiger charge is -2.23. The molecule has 0 radical (unpaired) electrons. The molecule has 2 rings (SSSR count). The number of para-hydroxylation sites is 1. The van der Waals surface area contributed by atoms with Gasteiger partial charge in [-0.3, -0.25) is 4.79 Å². The van der Waals surface area contributed by atoms with Gasteiger partial charge in [0.05, 0.1) is 5.56 Å². The number of rotatable bonds is 4. The number of nitrogens with two attached hydrogens (primary N) is 1. The quantitative estimate of drug-likeness (QED) is 0.596. The number of benzene rings is 2. The van der Waals surface area contributed by atoms with E-state index in [2.05, 4.69) is 0 Å². The summed E-state index contributed by atoms with van der Waals surface area (Å²) < 4.78 is 0. The van der Waals surface area contributed by atoms with Crippen molar-refractivity contribution >= 4 is 17.3 Å². The highest BCUT2D eigenvalue weighted by Crippen LogP contribution is 2.30. The van der Waals surface area contributed by atoms with E-state index in [4.69, 9.17) is 5.73 Å². The van der Waals surface area contributed by atoms with Crippen LogP contribution in [0.5, 0.6) is 11.5 Å². The van der Waals surface area contributed by atoms with Gasteiger partial charge in [-0.25, -0.2) is 0 Å². The molecule has 0 saturated carbocycles. The number of aromatic hydroxyl groups is 2. The van der Waals surface area contributed by atoms with E-state index >= 15 is 0 Å². The average Bonchev–Trinajstić information content (AvgIpc) is 2.47. The molecule has 0 unspecified atom stereocenters. The van der Waals surface area contributed by atoms with Crippen molar-refractivity contribution in [2.24, 2.45) is 0 Å². The van der Waals surface area contributed by atoms with E-state index in [9.17, 15) is 15.0 Å². The first kappa shape index (κ1) is 14.7. The van der Waals surface area contributed by atoms with Gasteiger partial charge < -0.3 is 20.8 Å². The van der Waals surface area contributed by atoms with Gasteiger partial charge in [0, 0.05) is 17.9 Å². The number of amides is 1. The zero-order valence-electron chi connectivity index (χ0n) is 11.8. The van der Waals surface area contributed by atoms with Crippen molar-refractivity contribution in [3.8, 4) is 11.5 Å². The molecular weight excluding hydrogens is 268 g/mol. The molecule has 1 amide bonds. The van der Waals surface area contributed by atoms with Gasteiger partial charge in [0.25, 0.3) is 5.91 Å². The summed E-state index contributed by atoms with van der Waals surface area (Å²) in [6.07, 6.45) is 0.750. The van der Waals surface area contributed by atoms with Crippen LogP contribution in [0.2, 0.25) is 0 Å². The summed E-state index contributed by atoms with van der Waals surface area (Å²) >= 11 is 0. The van der Waals surface area contributed by atoms with Gasteiger partial charge in [-0.2, -0.15) is 0 Å². The minimum absolute atomic E-state index is 0.0610. The van der Waals surface area contributed by atoms with Crippen molar-refractivity contribution in [3.05, 3.63) is 48.0 Å². The molecule has 0 aliphatic carbocycles. The SMILES string of the molecule is CCCN(C(=O)c1cccc(O)c1O)c1cccc(N)c1. The Balaban J connectivity index is 2.42. The Morgan fingerprint density at radius 1 is 1.19 bits per heavy atom. The maximum absolute atomic E-state index is 12.6. The van der Waals surface area contributed by atoms with Crippen molar-refractivity contribution in [2.45, 2.75) is 13.3 Å². The Bertz CT molecular complexity index is 656. The van der Waals surface area contributed by atoms with E-state index < -0.39 is 5.75 Å². The molecule has 5 heteroatoms. The van der Waals surface area contributed by atoms with Crippen LogP contribution in [-0.2, 0) is 0 Å². The maximum Gasteiger partial charge on any atom is 0.262 e. The monoisotopic (exact) mass is 286 g/mol. The fourth-order valence-electron chi connectivity index (χ4n) is 2.11. The highest BCUT2D eigenvalue weighted by molar-refractivity contribution is 6.08. The molecule has 4 N–H and O–H groups in total. The third-order valence-electron chi connectivity index (χ3n) is 3.12. The lowest BCUT2D eigenvalue weighted by Crippen LogP contribution is -2.31. The minimum Gasteiger partial charge on any atom is -0.504 e. The van der Waals surface area contributed by atoms with E-state index in [1.165, 1.54) is 23.1 Å². The molecule has 0 saturated heterocycles. The van der Waals surface area contributed by atoms with Crippen molar-refractivity contribution in [3.63, 3.8) is 0 Å². The molecule has 0 spiro atoms. The Morgan fingerprint density at radius 2 is 1.90 bits per heavy atom. The second-order valence-corrected chi connectivity index (χ2v) is 4.73. The molecule has 0 aliphatic rings. The average molecular weight is 286 g/mol. The summed E-state index contributed by atoms with van der Waals surface area (Å²) in [5, 5.41) is 19.4. The molecule has 21 heavy (non-hydrogen) atoms. The van der Waals surface area contributed by atoms with Gasteiger partial charge in [-0.05, 0) is 36.8 Å². The van der Waals surface area contributed by atoms with Crippen molar-refractivity contribution in [1.29, 1.82) is 0 Å².